The molecule has 0 radical (unpaired) electrons. The summed E-state index contributed by atoms with van der Waals surface area (Å²) < 4.78 is 5.58. The van der Waals surface area contributed by atoms with Gasteiger partial charge in [0.15, 0.2) is 0 Å². The minimum absolute atomic E-state index is 0.101. The molecule has 2 aromatic carbocycles. The number of piperazine rings is 1. The summed E-state index contributed by atoms with van der Waals surface area (Å²) in [5.74, 6) is 0.528. The third kappa shape index (κ3) is 5.33. The zero-order chi connectivity index (χ0) is 19.8. The topological polar surface area (TPSA) is 44.8 Å². The molecule has 5 nitrogen and oxygen atoms in total. The predicted octanol–water partition coefficient (Wildman–Crippen LogP) is 3.15. The number of ether oxygens (including phenoxy) is 1. The Balaban J connectivity index is 1.62. The lowest BCUT2D eigenvalue weighted by atomic mass is 10.1. The minimum atomic E-state index is -0.101. The van der Waals surface area contributed by atoms with Crippen LogP contribution in [0.5, 0.6) is 5.75 Å². The molecule has 1 heterocycles. The van der Waals surface area contributed by atoms with Gasteiger partial charge >= 0.3 is 0 Å². The van der Waals surface area contributed by atoms with Crippen LogP contribution in [0.3, 0.4) is 0 Å². The van der Waals surface area contributed by atoms with Crippen LogP contribution in [0.1, 0.15) is 35.3 Å². The lowest BCUT2D eigenvalue weighted by Crippen LogP contribution is -2.45. The van der Waals surface area contributed by atoms with E-state index in [0.29, 0.717) is 24.5 Å². The van der Waals surface area contributed by atoms with Crippen molar-refractivity contribution in [1.82, 2.24) is 15.1 Å². The molecule has 1 amide bonds. The maximum atomic E-state index is 12.7. The number of hydrogen-bond acceptors (Lipinski definition) is 4. The van der Waals surface area contributed by atoms with Crippen molar-refractivity contribution in [2.24, 2.45) is 0 Å². The number of nitrogens with one attached hydrogen (secondary N) is 1. The predicted molar refractivity (Wildman–Crippen MR) is 113 cm³/mol. The van der Waals surface area contributed by atoms with Gasteiger partial charge < -0.3 is 15.0 Å². The van der Waals surface area contributed by atoms with E-state index in [1.165, 1.54) is 11.1 Å². The number of carbonyl (C=O) groups excluding carboxylic acids is 1. The first-order chi connectivity index (χ1) is 13.7. The Morgan fingerprint density at radius 2 is 1.57 bits per heavy atom. The number of amides is 1. The molecular weight excluding hydrogens is 350 g/mol. The molecule has 1 saturated heterocycles. The average Bonchev–Trinajstić information content (AvgIpc) is 2.74. The van der Waals surface area contributed by atoms with Crippen molar-refractivity contribution >= 4 is 5.91 Å². The van der Waals surface area contributed by atoms with Gasteiger partial charge in [-0.25, -0.2) is 0 Å². The molecule has 1 N–H and O–H groups in total. The van der Waals surface area contributed by atoms with Crippen LogP contribution in [0.4, 0.5) is 0 Å². The van der Waals surface area contributed by atoms with Gasteiger partial charge in [-0.1, -0.05) is 43.3 Å². The second-order valence-corrected chi connectivity index (χ2v) is 7.09. The largest absolute Gasteiger partial charge is 0.493 e. The third-order valence-electron chi connectivity index (χ3n) is 5.30. The van der Waals surface area contributed by atoms with Crippen molar-refractivity contribution in [1.29, 1.82) is 0 Å². The fourth-order valence-corrected chi connectivity index (χ4v) is 3.60. The van der Waals surface area contributed by atoms with E-state index in [4.69, 9.17) is 4.74 Å². The fourth-order valence-electron chi connectivity index (χ4n) is 3.60. The van der Waals surface area contributed by atoms with Gasteiger partial charge in [0, 0.05) is 39.3 Å². The molecule has 28 heavy (non-hydrogen) atoms. The van der Waals surface area contributed by atoms with Gasteiger partial charge in [0.1, 0.15) is 5.75 Å². The number of para-hydroxylation sites is 1. The molecule has 0 unspecified atom stereocenters. The Morgan fingerprint density at radius 1 is 0.929 bits per heavy atom. The van der Waals surface area contributed by atoms with E-state index in [-0.39, 0.29) is 5.91 Å². The molecular formula is C23H31N3O2. The van der Waals surface area contributed by atoms with Gasteiger partial charge in [-0.3, -0.25) is 9.69 Å². The lowest BCUT2D eigenvalue weighted by molar-refractivity contribution is 0.0946. The smallest absolute Gasteiger partial charge is 0.255 e. The summed E-state index contributed by atoms with van der Waals surface area (Å²) in [5, 5.41) is 3.06. The number of rotatable bonds is 8. The van der Waals surface area contributed by atoms with Crippen molar-refractivity contribution in [2.45, 2.75) is 26.9 Å². The van der Waals surface area contributed by atoms with Gasteiger partial charge in [-0.05, 0) is 36.7 Å². The standard InChI is InChI=1S/C23H31N3O2/c1-3-25-13-15-26(16-14-25)18-20-10-6-5-9-19(20)17-24-23(27)21-11-7-8-12-22(21)28-4-2/h5-12H,3-4,13-18H2,1-2H3,(H,24,27). The molecule has 0 spiro atoms. The first-order valence-corrected chi connectivity index (χ1v) is 10.2. The van der Waals surface area contributed by atoms with E-state index < -0.39 is 0 Å². The van der Waals surface area contributed by atoms with E-state index in [9.17, 15) is 4.79 Å². The first kappa shape index (κ1) is 20.4. The quantitative estimate of drug-likeness (QED) is 0.763. The van der Waals surface area contributed by atoms with Crippen LogP contribution in [0, 0.1) is 0 Å². The zero-order valence-electron chi connectivity index (χ0n) is 17.0. The third-order valence-corrected chi connectivity index (χ3v) is 5.30. The maximum absolute atomic E-state index is 12.7. The van der Waals surface area contributed by atoms with Crippen LogP contribution in [0.25, 0.3) is 0 Å². The van der Waals surface area contributed by atoms with E-state index in [1.54, 1.807) is 6.07 Å². The van der Waals surface area contributed by atoms with Crippen molar-refractivity contribution in [2.75, 3.05) is 39.3 Å². The summed E-state index contributed by atoms with van der Waals surface area (Å²) in [5.41, 5.74) is 3.03. The second kappa shape index (κ2) is 10.2. The number of nitrogens with zero attached hydrogens (tertiary/aromatic N) is 2. The molecule has 1 aliphatic heterocycles. The number of likely N-dealkylation sites (N-methyl/N-ethyl adjacent to an activating group) is 1. The monoisotopic (exact) mass is 381 g/mol. The van der Waals surface area contributed by atoms with Gasteiger partial charge in [0.2, 0.25) is 0 Å². The van der Waals surface area contributed by atoms with Crippen molar-refractivity contribution in [3.05, 3.63) is 65.2 Å². The van der Waals surface area contributed by atoms with Crippen molar-refractivity contribution < 1.29 is 9.53 Å². The van der Waals surface area contributed by atoms with Crippen LogP contribution >= 0.6 is 0 Å². The molecule has 1 fully saturated rings. The van der Waals surface area contributed by atoms with Crippen molar-refractivity contribution in [3.8, 4) is 5.75 Å². The lowest BCUT2D eigenvalue weighted by Gasteiger charge is -2.34. The summed E-state index contributed by atoms with van der Waals surface area (Å²) in [6, 6.07) is 15.8. The highest BCUT2D eigenvalue weighted by Crippen LogP contribution is 2.18. The average molecular weight is 382 g/mol. The van der Waals surface area contributed by atoms with Gasteiger partial charge in [-0.2, -0.15) is 0 Å². The molecule has 1 aliphatic rings. The summed E-state index contributed by atoms with van der Waals surface area (Å²) in [7, 11) is 0. The summed E-state index contributed by atoms with van der Waals surface area (Å²) >= 11 is 0. The Morgan fingerprint density at radius 3 is 2.29 bits per heavy atom. The molecule has 150 valence electrons. The van der Waals surface area contributed by atoms with E-state index >= 15 is 0 Å². The van der Waals surface area contributed by atoms with E-state index in [2.05, 4.69) is 40.2 Å². The molecule has 3 rings (SSSR count). The van der Waals surface area contributed by atoms with E-state index in [0.717, 1.165) is 39.3 Å². The Bertz CT molecular complexity index is 770. The number of benzene rings is 2. The Labute approximate surface area is 168 Å². The summed E-state index contributed by atoms with van der Waals surface area (Å²) in [6.45, 7) is 11.7. The first-order valence-electron chi connectivity index (χ1n) is 10.2. The van der Waals surface area contributed by atoms with Crippen LogP contribution in [0.2, 0.25) is 0 Å². The highest BCUT2D eigenvalue weighted by Gasteiger charge is 2.17. The Hall–Kier alpha value is -2.37. The molecule has 0 atom stereocenters. The molecule has 0 aromatic heterocycles. The van der Waals surface area contributed by atoms with Gasteiger partial charge in [0.05, 0.1) is 12.2 Å². The summed E-state index contributed by atoms with van der Waals surface area (Å²) in [4.78, 5) is 17.7. The van der Waals surface area contributed by atoms with Crippen LogP contribution in [-0.4, -0.2) is 55.0 Å². The fraction of sp³-hybridized carbons (Fsp3) is 0.435. The maximum Gasteiger partial charge on any atom is 0.255 e. The van der Waals surface area contributed by atoms with Crippen LogP contribution in [0.15, 0.2) is 48.5 Å². The molecule has 0 saturated carbocycles. The highest BCUT2D eigenvalue weighted by atomic mass is 16.5. The van der Waals surface area contributed by atoms with Crippen LogP contribution < -0.4 is 10.1 Å². The molecule has 5 heteroatoms. The Kier molecular flexibility index (Phi) is 7.46. The molecule has 0 bridgehead atoms. The molecule has 0 aliphatic carbocycles. The zero-order valence-corrected chi connectivity index (χ0v) is 17.0. The van der Waals surface area contributed by atoms with Gasteiger partial charge in [-0.15, -0.1) is 0 Å². The van der Waals surface area contributed by atoms with Crippen molar-refractivity contribution in [3.63, 3.8) is 0 Å². The highest BCUT2D eigenvalue weighted by molar-refractivity contribution is 5.96. The number of hydrogen-bond donors (Lipinski definition) is 1. The second-order valence-electron chi connectivity index (χ2n) is 7.09. The van der Waals surface area contributed by atoms with Gasteiger partial charge in [0.25, 0.3) is 5.91 Å². The van der Waals surface area contributed by atoms with Crippen LogP contribution in [-0.2, 0) is 13.1 Å². The SMILES string of the molecule is CCOc1ccccc1C(=O)NCc1ccccc1CN1CCN(CC)CC1. The molecule has 2 aromatic rings. The number of carbonyl (C=O) groups is 1. The van der Waals surface area contributed by atoms with E-state index in [1.807, 2.05) is 31.2 Å². The minimum Gasteiger partial charge on any atom is -0.493 e. The normalized spacial score (nSPS) is 15.4. The summed E-state index contributed by atoms with van der Waals surface area (Å²) in [6.07, 6.45) is 0.